The second kappa shape index (κ2) is 7.63. The Bertz CT molecular complexity index is 1220. The summed E-state index contributed by atoms with van der Waals surface area (Å²) in [5.74, 6) is -0.521. The number of urea groups is 1. The number of hydrogen-bond acceptors (Lipinski definition) is 2. The van der Waals surface area contributed by atoms with Gasteiger partial charge in [-0.2, -0.15) is 0 Å². The van der Waals surface area contributed by atoms with E-state index in [0.717, 1.165) is 21.8 Å². The molecule has 0 saturated heterocycles. The molecule has 0 spiro atoms. The zero-order valence-electron chi connectivity index (χ0n) is 15.8. The highest BCUT2D eigenvalue weighted by Crippen LogP contribution is 2.38. The molecule has 2 aromatic heterocycles. The predicted octanol–water partition coefficient (Wildman–Crippen LogP) is 6.47. The fourth-order valence-electron chi connectivity index (χ4n) is 3.85. The maximum atomic E-state index is 13.5. The lowest BCUT2D eigenvalue weighted by molar-refractivity contribution is 0.195. The summed E-state index contributed by atoms with van der Waals surface area (Å²) >= 11 is 7.51. The molecule has 0 fully saturated rings. The van der Waals surface area contributed by atoms with E-state index in [1.807, 2.05) is 54.0 Å². The molecule has 0 aliphatic carbocycles. The molecule has 1 aliphatic rings. The van der Waals surface area contributed by atoms with Crippen LogP contribution in [0.25, 0.3) is 5.69 Å². The standard InChI is InChI=1S/C23H17ClFN3OS/c24-17-13-16(9-10-18(17)25)26-23(29)28-14-15-5-1-2-6-19(15)27-11-3-7-20(27)22(28)21-8-4-12-30-21/h1-13,22H,14H2,(H,26,29). The monoisotopic (exact) mass is 437 g/mol. The van der Waals surface area contributed by atoms with Crippen LogP contribution in [-0.2, 0) is 6.54 Å². The predicted molar refractivity (Wildman–Crippen MR) is 118 cm³/mol. The van der Waals surface area contributed by atoms with Crippen molar-refractivity contribution in [1.82, 2.24) is 9.47 Å². The molecule has 0 saturated carbocycles. The van der Waals surface area contributed by atoms with Crippen LogP contribution in [0.15, 0.2) is 78.3 Å². The molecular formula is C23H17ClFN3OS. The molecule has 4 aromatic rings. The molecule has 7 heteroatoms. The molecule has 30 heavy (non-hydrogen) atoms. The van der Waals surface area contributed by atoms with Crippen LogP contribution in [0.4, 0.5) is 14.9 Å². The van der Waals surface area contributed by atoms with Crippen molar-refractivity contribution in [2.45, 2.75) is 12.6 Å². The Hall–Kier alpha value is -3.09. The first-order valence-electron chi connectivity index (χ1n) is 9.43. The number of nitrogens with one attached hydrogen (secondary N) is 1. The zero-order valence-corrected chi connectivity index (χ0v) is 17.3. The lowest BCUT2D eigenvalue weighted by Gasteiger charge is -2.30. The smallest absolute Gasteiger partial charge is 0.318 e. The molecule has 1 N–H and O–H groups in total. The van der Waals surface area contributed by atoms with Gasteiger partial charge in [-0.05, 0) is 53.4 Å². The van der Waals surface area contributed by atoms with E-state index in [9.17, 15) is 9.18 Å². The summed E-state index contributed by atoms with van der Waals surface area (Å²) in [6.45, 7) is 0.432. The number of hydrogen-bond donors (Lipinski definition) is 1. The Balaban J connectivity index is 1.60. The first-order chi connectivity index (χ1) is 14.6. The van der Waals surface area contributed by atoms with Crippen molar-refractivity contribution in [2.75, 3.05) is 5.32 Å². The van der Waals surface area contributed by atoms with Crippen molar-refractivity contribution in [3.63, 3.8) is 0 Å². The first kappa shape index (κ1) is 18.9. The number of anilines is 1. The maximum Gasteiger partial charge on any atom is 0.323 e. The van der Waals surface area contributed by atoms with Crippen molar-refractivity contribution in [2.24, 2.45) is 0 Å². The van der Waals surface area contributed by atoms with E-state index >= 15 is 0 Å². The third kappa shape index (κ3) is 3.28. The van der Waals surface area contributed by atoms with Gasteiger partial charge in [0, 0.05) is 16.8 Å². The number of para-hydroxylation sites is 1. The Morgan fingerprint density at radius 1 is 1.10 bits per heavy atom. The van der Waals surface area contributed by atoms with Gasteiger partial charge in [0.2, 0.25) is 0 Å². The lowest BCUT2D eigenvalue weighted by atomic mass is 10.1. The summed E-state index contributed by atoms with van der Waals surface area (Å²) in [7, 11) is 0. The molecule has 1 atom stereocenters. The SMILES string of the molecule is O=C(Nc1ccc(F)c(Cl)c1)N1Cc2ccccc2-n2cccc2C1c1cccs1. The molecule has 4 nitrogen and oxygen atoms in total. The third-order valence-corrected chi connectivity index (χ3v) is 6.42. The second-order valence-electron chi connectivity index (χ2n) is 7.04. The van der Waals surface area contributed by atoms with Gasteiger partial charge in [-0.1, -0.05) is 35.9 Å². The molecule has 1 unspecified atom stereocenters. The topological polar surface area (TPSA) is 37.3 Å². The minimum atomic E-state index is -0.521. The average Bonchev–Trinajstić information content (AvgIpc) is 3.42. The third-order valence-electron chi connectivity index (χ3n) is 5.21. The Kier molecular flexibility index (Phi) is 4.81. The Labute approximate surface area is 182 Å². The number of carbonyl (C=O) groups excluding carboxylic acids is 1. The summed E-state index contributed by atoms with van der Waals surface area (Å²) in [5, 5.41) is 4.86. The highest BCUT2D eigenvalue weighted by atomic mass is 35.5. The zero-order chi connectivity index (χ0) is 20.7. The molecule has 3 heterocycles. The van der Waals surface area contributed by atoms with Gasteiger partial charge < -0.3 is 14.8 Å². The van der Waals surface area contributed by atoms with Crippen LogP contribution in [0.1, 0.15) is 22.2 Å². The van der Waals surface area contributed by atoms with Crippen LogP contribution < -0.4 is 5.32 Å². The number of thiophene rings is 1. The molecule has 1 aliphatic heterocycles. The molecule has 0 radical (unpaired) electrons. The van der Waals surface area contributed by atoms with Gasteiger partial charge in [-0.3, -0.25) is 0 Å². The van der Waals surface area contributed by atoms with E-state index < -0.39 is 5.82 Å². The second-order valence-corrected chi connectivity index (χ2v) is 8.42. The van der Waals surface area contributed by atoms with Gasteiger partial charge in [0.05, 0.1) is 22.9 Å². The largest absolute Gasteiger partial charge is 0.323 e. The molecule has 150 valence electrons. The van der Waals surface area contributed by atoms with Gasteiger partial charge >= 0.3 is 6.03 Å². The van der Waals surface area contributed by atoms with E-state index in [1.165, 1.54) is 18.2 Å². The van der Waals surface area contributed by atoms with Gasteiger partial charge in [-0.15, -0.1) is 11.3 Å². The number of fused-ring (bicyclic) bond motifs is 3. The molecule has 5 rings (SSSR count). The van der Waals surface area contributed by atoms with Gasteiger partial charge in [-0.25, -0.2) is 9.18 Å². The van der Waals surface area contributed by atoms with Crippen molar-refractivity contribution in [1.29, 1.82) is 0 Å². The molecule has 2 amide bonds. The van der Waals surface area contributed by atoms with Crippen LogP contribution in [0.2, 0.25) is 5.02 Å². The summed E-state index contributed by atoms with van der Waals surface area (Å²) in [4.78, 5) is 16.3. The van der Waals surface area contributed by atoms with Crippen molar-refractivity contribution >= 4 is 34.7 Å². The van der Waals surface area contributed by atoms with Crippen LogP contribution in [-0.4, -0.2) is 15.5 Å². The first-order valence-corrected chi connectivity index (χ1v) is 10.7. The maximum absolute atomic E-state index is 13.5. The summed E-state index contributed by atoms with van der Waals surface area (Å²) in [6.07, 6.45) is 2.02. The van der Waals surface area contributed by atoms with Gasteiger partial charge in [0.15, 0.2) is 0 Å². The minimum Gasteiger partial charge on any atom is -0.318 e. The number of nitrogens with zero attached hydrogens (tertiary/aromatic N) is 2. The normalized spacial score (nSPS) is 15.3. The highest BCUT2D eigenvalue weighted by molar-refractivity contribution is 7.10. The number of benzene rings is 2. The fourth-order valence-corrected chi connectivity index (χ4v) is 4.88. The number of aromatic nitrogens is 1. The number of rotatable bonds is 2. The quantitative estimate of drug-likeness (QED) is 0.383. The summed E-state index contributed by atoms with van der Waals surface area (Å²) in [5.41, 5.74) is 3.56. The van der Waals surface area contributed by atoms with E-state index in [2.05, 4.69) is 16.0 Å². The number of carbonyl (C=O) groups is 1. The van der Waals surface area contributed by atoms with Crippen molar-refractivity contribution < 1.29 is 9.18 Å². The molecule has 0 bridgehead atoms. The summed E-state index contributed by atoms with van der Waals surface area (Å²) < 4.78 is 15.7. The Morgan fingerprint density at radius 2 is 1.97 bits per heavy atom. The minimum absolute atomic E-state index is 0.0299. The van der Waals surface area contributed by atoms with E-state index in [4.69, 9.17) is 11.6 Å². The number of amides is 2. The van der Waals surface area contributed by atoms with Crippen molar-refractivity contribution in [3.8, 4) is 5.69 Å². The van der Waals surface area contributed by atoms with Gasteiger partial charge in [0.25, 0.3) is 0 Å². The Morgan fingerprint density at radius 3 is 2.77 bits per heavy atom. The van der Waals surface area contributed by atoms with Crippen molar-refractivity contribution in [3.05, 3.63) is 105 Å². The van der Waals surface area contributed by atoms with E-state index in [0.29, 0.717) is 12.2 Å². The lowest BCUT2D eigenvalue weighted by Crippen LogP contribution is -2.37. The van der Waals surface area contributed by atoms with Crippen LogP contribution in [0.5, 0.6) is 0 Å². The number of halogens is 2. The van der Waals surface area contributed by atoms with Crippen LogP contribution in [0, 0.1) is 5.82 Å². The molecular weight excluding hydrogens is 421 g/mol. The van der Waals surface area contributed by atoms with E-state index in [1.54, 1.807) is 16.2 Å². The van der Waals surface area contributed by atoms with Crippen LogP contribution >= 0.6 is 22.9 Å². The van der Waals surface area contributed by atoms with Gasteiger partial charge in [0.1, 0.15) is 11.9 Å². The highest BCUT2D eigenvalue weighted by Gasteiger charge is 2.33. The van der Waals surface area contributed by atoms with E-state index in [-0.39, 0.29) is 17.1 Å². The molecule has 2 aromatic carbocycles. The summed E-state index contributed by atoms with van der Waals surface area (Å²) in [6, 6.07) is 19.8. The van der Waals surface area contributed by atoms with Crippen LogP contribution in [0.3, 0.4) is 0 Å². The fraction of sp³-hybridized carbons (Fsp3) is 0.0870. The average molecular weight is 438 g/mol.